The number of rotatable bonds is 7. The van der Waals surface area contributed by atoms with Crippen LogP contribution in [0.5, 0.6) is 0 Å². The molecule has 2 heterocycles. The van der Waals surface area contributed by atoms with Crippen molar-refractivity contribution in [2.75, 3.05) is 52.3 Å². The summed E-state index contributed by atoms with van der Waals surface area (Å²) in [4.78, 5) is 32.3. The first kappa shape index (κ1) is 23.6. The standard InChI is InChI=1S/C21H24N6O6S/c1-25(2)21(29)15-3-5-16(6-4-15)22-20(28)14-33-27-19-13-17(7-8-18(19)23-24-27)34(30,31)26-9-11-32-12-10-26/h3-8,13H,9-12,14H2,1-2H3,(H,22,28). The first-order valence-electron chi connectivity index (χ1n) is 10.4. The highest BCUT2D eigenvalue weighted by molar-refractivity contribution is 7.89. The third-order valence-electron chi connectivity index (χ3n) is 5.13. The van der Waals surface area contributed by atoms with Crippen LogP contribution < -0.4 is 10.2 Å². The van der Waals surface area contributed by atoms with E-state index in [9.17, 15) is 18.0 Å². The minimum atomic E-state index is -3.71. The molecule has 0 unspecified atom stereocenters. The first-order chi connectivity index (χ1) is 16.3. The molecule has 0 bridgehead atoms. The summed E-state index contributed by atoms with van der Waals surface area (Å²) in [5, 5.41) is 10.5. The van der Waals surface area contributed by atoms with E-state index < -0.39 is 22.5 Å². The smallest absolute Gasteiger partial charge is 0.265 e. The lowest BCUT2D eigenvalue weighted by molar-refractivity contribution is -0.121. The predicted octanol–water partition coefficient (Wildman–Crippen LogP) is 0.221. The number of nitrogens with zero attached hydrogens (tertiary/aromatic N) is 5. The summed E-state index contributed by atoms with van der Waals surface area (Å²) >= 11 is 0. The van der Waals surface area contributed by atoms with Crippen LogP contribution in [-0.4, -0.2) is 91.6 Å². The number of anilines is 1. The number of nitrogens with one attached hydrogen (secondary N) is 1. The number of hydrogen-bond donors (Lipinski definition) is 1. The molecule has 0 radical (unpaired) electrons. The van der Waals surface area contributed by atoms with Gasteiger partial charge in [0.05, 0.1) is 18.1 Å². The summed E-state index contributed by atoms with van der Waals surface area (Å²) in [7, 11) is -0.399. The number of sulfonamides is 1. The number of hydrogen-bond acceptors (Lipinski definition) is 8. The molecule has 0 aliphatic carbocycles. The van der Waals surface area contributed by atoms with Gasteiger partial charge in [0, 0.05) is 38.4 Å². The van der Waals surface area contributed by atoms with E-state index in [0.717, 1.165) is 4.85 Å². The van der Waals surface area contributed by atoms with Crippen molar-refractivity contribution in [2.45, 2.75) is 4.90 Å². The molecule has 4 rings (SSSR count). The second-order valence-electron chi connectivity index (χ2n) is 7.73. The monoisotopic (exact) mass is 488 g/mol. The van der Waals surface area contributed by atoms with Gasteiger partial charge in [-0.3, -0.25) is 9.59 Å². The highest BCUT2D eigenvalue weighted by Gasteiger charge is 2.27. The molecular formula is C21H24N6O6S. The minimum Gasteiger partial charge on any atom is -0.385 e. The van der Waals surface area contributed by atoms with E-state index in [4.69, 9.17) is 9.57 Å². The van der Waals surface area contributed by atoms with Crippen LogP contribution in [0, 0.1) is 0 Å². The fourth-order valence-electron chi connectivity index (χ4n) is 3.34. The van der Waals surface area contributed by atoms with Crippen molar-refractivity contribution in [2.24, 2.45) is 0 Å². The molecule has 12 nitrogen and oxygen atoms in total. The lowest BCUT2D eigenvalue weighted by Gasteiger charge is -2.26. The Hall–Kier alpha value is -3.55. The fourth-order valence-corrected chi connectivity index (χ4v) is 4.77. The molecule has 13 heteroatoms. The second kappa shape index (κ2) is 9.75. The van der Waals surface area contributed by atoms with Crippen LogP contribution in [0.25, 0.3) is 11.0 Å². The summed E-state index contributed by atoms with van der Waals surface area (Å²) in [6.45, 7) is 0.844. The Morgan fingerprint density at radius 2 is 1.82 bits per heavy atom. The molecule has 1 aliphatic heterocycles. The zero-order valence-corrected chi connectivity index (χ0v) is 19.5. The van der Waals surface area contributed by atoms with Crippen molar-refractivity contribution < 1.29 is 27.6 Å². The van der Waals surface area contributed by atoms with Gasteiger partial charge < -0.3 is 19.8 Å². The summed E-state index contributed by atoms with van der Waals surface area (Å²) < 4.78 is 32.4. The molecule has 0 spiro atoms. The maximum Gasteiger partial charge on any atom is 0.265 e. The molecule has 0 atom stereocenters. The number of morpholine rings is 1. The third-order valence-corrected chi connectivity index (χ3v) is 7.03. The average Bonchev–Trinajstić information content (AvgIpc) is 3.25. The summed E-state index contributed by atoms with van der Waals surface area (Å²) in [6.07, 6.45) is 0. The van der Waals surface area contributed by atoms with E-state index in [1.54, 1.807) is 38.4 Å². The van der Waals surface area contributed by atoms with Gasteiger partial charge >= 0.3 is 0 Å². The number of benzene rings is 2. The van der Waals surface area contributed by atoms with Crippen LogP contribution in [0.3, 0.4) is 0 Å². The molecule has 2 amide bonds. The molecular weight excluding hydrogens is 464 g/mol. The van der Waals surface area contributed by atoms with Crippen molar-refractivity contribution in [3.05, 3.63) is 48.0 Å². The van der Waals surface area contributed by atoms with Crippen molar-refractivity contribution >= 4 is 38.6 Å². The quantitative estimate of drug-likeness (QED) is 0.499. The van der Waals surface area contributed by atoms with E-state index in [1.165, 1.54) is 27.4 Å². The SMILES string of the molecule is CN(C)C(=O)c1ccc(NC(=O)COn2nnc3ccc(S(=O)(=O)N4CCOCC4)cc32)cc1. The first-order valence-corrected chi connectivity index (χ1v) is 11.9. The van der Waals surface area contributed by atoms with Crippen LogP contribution in [-0.2, 0) is 19.6 Å². The predicted molar refractivity (Wildman–Crippen MR) is 122 cm³/mol. The van der Waals surface area contributed by atoms with Gasteiger partial charge in [-0.05, 0) is 47.7 Å². The van der Waals surface area contributed by atoms with Gasteiger partial charge in [-0.2, -0.15) is 4.31 Å². The Morgan fingerprint density at radius 1 is 1.12 bits per heavy atom. The molecule has 34 heavy (non-hydrogen) atoms. The number of aromatic nitrogens is 3. The van der Waals surface area contributed by atoms with Crippen molar-refractivity contribution in [1.29, 1.82) is 0 Å². The Kier molecular flexibility index (Phi) is 6.77. The van der Waals surface area contributed by atoms with Gasteiger partial charge in [0.1, 0.15) is 11.0 Å². The number of carbonyl (C=O) groups is 2. The van der Waals surface area contributed by atoms with Gasteiger partial charge in [-0.15, -0.1) is 5.10 Å². The highest BCUT2D eigenvalue weighted by Crippen LogP contribution is 2.21. The van der Waals surface area contributed by atoms with Crippen LogP contribution in [0.2, 0.25) is 0 Å². The fraction of sp³-hybridized carbons (Fsp3) is 0.333. The number of ether oxygens (including phenoxy) is 1. The number of carbonyl (C=O) groups excluding carboxylic acids is 2. The topological polar surface area (TPSA) is 136 Å². The van der Waals surface area contributed by atoms with E-state index >= 15 is 0 Å². The van der Waals surface area contributed by atoms with E-state index in [0.29, 0.717) is 35.5 Å². The van der Waals surface area contributed by atoms with Crippen LogP contribution in [0.1, 0.15) is 10.4 Å². The number of fused-ring (bicyclic) bond motifs is 1. The van der Waals surface area contributed by atoms with E-state index in [1.807, 2.05) is 0 Å². The molecule has 1 saturated heterocycles. The lowest BCUT2D eigenvalue weighted by Crippen LogP contribution is -2.40. The average molecular weight is 489 g/mol. The Morgan fingerprint density at radius 3 is 2.50 bits per heavy atom. The van der Waals surface area contributed by atoms with E-state index in [2.05, 4.69) is 15.6 Å². The highest BCUT2D eigenvalue weighted by atomic mass is 32.2. The van der Waals surface area contributed by atoms with Crippen LogP contribution in [0.15, 0.2) is 47.4 Å². The van der Waals surface area contributed by atoms with Gasteiger partial charge in [0.2, 0.25) is 10.0 Å². The van der Waals surface area contributed by atoms with Gasteiger partial charge in [-0.1, -0.05) is 4.85 Å². The molecule has 1 fully saturated rings. The van der Waals surface area contributed by atoms with Crippen molar-refractivity contribution in [1.82, 2.24) is 24.4 Å². The van der Waals surface area contributed by atoms with Crippen molar-refractivity contribution in [3.8, 4) is 0 Å². The minimum absolute atomic E-state index is 0.0749. The normalized spacial score (nSPS) is 14.6. The summed E-state index contributed by atoms with van der Waals surface area (Å²) in [5.41, 5.74) is 1.72. The Bertz CT molecular complexity index is 1300. The van der Waals surface area contributed by atoms with E-state index in [-0.39, 0.29) is 23.9 Å². The molecule has 1 N–H and O–H groups in total. The molecule has 1 aliphatic rings. The maximum absolute atomic E-state index is 12.9. The van der Waals surface area contributed by atoms with Gasteiger partial charge in [0.15, 0.2) is 6.61 Å². The third kappa shape index (κ3) is 5.00. The largest absolute Gasteiger partial charge is 0.385 e. The van der Waals surface area contributed by atoms with Crippen LogP contribution >= 0.6 is 0 Å². The molecule has 180 valence electrons. The molecule has 2 aromatic carbocycles. The second-order valence-corrected chi connectivity index (χ2v) is 9.67. The van der Waals surface area contributed by atoms with Crippen molar-refractivity contribution in [3.63, 3.8) is 0 Å². The van der Waals surface area contributed by atoms with Crippen LogP contribution in [0.4, 0.5) is 5.69 Å². The lowest BCUT2D eigenvalue weighted by atomic mass is 10.2. The van der Waals surface area contributed by atoms with Gasteiger partial charge in [-0.25, -0.2) is 8.42 Å². The zero-order valence-electron chi connectivity index (χ0n) is 18.7. The zero-order chi connectivity index (χ0) is 24.3. The summed E-state index contributed by atoms with van der Waals surface area (Å²) in [6, 6.07) is 10.9. The number of amides is 2. The molecule has 3 aromatic rings. The Balaban J connectivity index is 1.43. The Labute approximate surface area is 196 Å². The maximum atomic E-state index is 12.9. The molecule has 1 aromatic heterocycles. The summed E-state index contributed by atoms with van der Waals surface area (Å²) in [5.74, 6) is -0.610. The van der Waals surface area contributed by atoms with Gasteiger partial charge in [0.25, 0.3) is 11.8 Å². The molecule has 0 saturated carbocycles.